The van der Waals surface area contributed by atoms with Gasteiger partial charge in [-0.2, -0.15) is 5.10 Å². The van der Waals surface area contributed by atoms with E-state index in [1.165, 1.54) is 32.1 Å². The first-order chi connectivity index (χ1) is 14.0. The normalized spacial score (nSPS) is 13.4. The summed E-state index contributed by atoms with van der Waals surface area (Å²) in [6, 6.07) is 7.61. The van der Waals surface area contributed by atoms with Crippen molar-refractivity contribution in [3.05, 3.63) is 71.4 Å². The molecule has 0 unspecified atom stereocenters. The lowest BCUT2D eigenvalue weighted by molar-refractivity contribution is -0.139. The van der Waals surface area contributed by atoms with Crippen LogP contribution in [0, 0.1) is 13.8 Å². The van der Waals surface area contributed by atoms with Crippen molar-refractivity contribution in [2.24, 2.45) is 0 Å². The van der Waals surface area contributed by atoms with E-state index in [4.69, 9.17) is 9.47 Å². The van der Waals surface area contributed by atoms with Crippen molar-refractivity contribution in [2.75, 3.05) is 19.1 Å². The molecule has 0 saturated carbocycles. The van der Waals surface area contributed by atoms with Crippen LogP contribution in [0.1, 0.15) is 11.4 Å². The molecule has 2 heterocycles. The lowest BCUT2D eigenvalue weighted by atomic mass is 10.1. The van der Waals surface area contributed by atoms with Gasteiger partial charge in [0.05, 0.1) is 36.1 Å². The Hall–Kier alpha value is -3.26. The minimum Gasteiger partial charge on any atom is -0.465 e. The number of hydrogen-bond acceptors (Lipinski definition) is 7. The summed E-state index contributed by atoms with van der Waals surface area (Å²) >= 11 is 1.53. The molecule has 0 radical (unpaired) electrons. The van der Waals surface area contributed by atoms with Crippen LogP contribution in [-0.2, 0) is 19.1 Å². The second kappa shape index (κ2) is 8.83. The zero-order chi connectivity index (χ0) is 21.0. The number of anilines is 1. The van der Waals surface area contributed by atoms with Gasteiger partial charge in [-0.15, -0.1) is 0 Å². The van der Waals surface area contributed by atoms with Gasteiger partial charge in [-0.3, -0.25) is 5.10 Å². The Balaban J connectivity index is 2.16. The van der Waals surface area contributed by atoms with Crippen molar-refractivity contribution in [1.82, 2.24) is 10.2 Å². The molecule has 0 amide bonds. The molecule has 1 aromatic heterocycles. The fourth-order valence-corrected chi connectivity index (χ4v) is 3.92. The van der Waals surface area contributed by atoms with Crippen LogP contribution < -0.4 is 4.90 Å². The molecule has 0 aliphatic carbocycles. The summed E-state index contributed by atoms with van der Waals surface area (Å²) in [6.45, 7) is 3.88. The third-order valence-electron chi connectivity index (χ3n) is 4.29. The number of allylic oxidation sites excluding steroid dienone is 2. The van der Waals surface area contributed by atoms with Crippen molar-refractivity contribution in [1.29, 1.82) is 0 Å². The van der Waals surface area contributed by atoms with Crippen molar-refractivity contribution >= 4 is 29.4 Å². The quantitative estimate of drug-likeness (QED) is 0.752. The van der Waals surface area contributed by atoms with Gasteiger partial charge in [0.15, 0.2) is 0 Å². The van der Waals surface area contributed by atoms with Gasteiger partial charge in [-0.05, 0) is 38.1 Å². The lowest BCUT2D eigenvalue weighted by Crippen LogP contribution is -2.27. The maximum absolute atomic E-state index is 12.7. The number of rotatable bonds is 5. The number of aryl methyl sites for hydroxylation is 2. The van der Waals surface area contributed by atoms with Gasteiger partial charge in [0.1, 0.15) is 5.70 Å². The molecule has 0 fully saturated rings. The van der Waals surface area contributed by atoms with Gasteiger partial charge in [0.2, 0.25) is 0 Å². The first-order valence-electron chi connectivity index (χ1n) is 8.81. The Bertz CT molecular complexity index is 1020. The molecule has 3 rings (SSSR count). The molecule has 1 N–H and O–H groups in total. The molecule has 1 aliphatic rings. The maximum atomic E-state index is 12.7. The van der Waals surface area contributed by atoms with E-state index >= 15 is 0 Å². The van der Waals surface area contributed by atoms with E-state index in [1.807, 2.05) is 38.1 Å². The average Bonchev–Trinajstić information content (AvgIpc) is 2.94. The standard InChI is InChI=1S/C21H21N3O4S/c1-13-19(14(2)23-22-13)29-17-11-6-5-10-16(17)24-12-8-7-9-15(20(25)27-3)18(24)21(26)28-4/h5-12H,1-4H3,(H,22,23). The van der Waals surface area contributed by atoms with Crippen molar-refractivity contribution in [2.45, 2.75) is 23.6 Å². The smallest absolute Gasteiger partial charge is 0.355 e. The molecular formula is C21H21N3O4S. The molecule has 0 atom stereocenters. The highest BCUT2D eigenvalue weighted by Gasteiger charge is 2.28. The topological polar surface area (TPSA) is 84.5 Å². The van der Waals surface area contributed by atoms with Crippen LogP contribution in [0.15, 0.2) is 69.8 Å². The minimum atomic E-state index is -0.642. The number of methoxy groups -OCH3 is 2. The number of para-hydroxylation sites is 1. The number of carbonyl (C=O) groups excluding carboxylic acids is 2. The summed E-state index contributed by atoms with van der Waals surface area (Å²) in [4.78, 5) is 28.5. The molecule has 1 aromatic carbocycles. The molecule has 2 aromatic rings. The van der Waals surface area contributed by atoms with Crippen LogP contribution >= 0.6 is 11.8 Å². The number of H-pyrrole nitrogens is 1. The third kappa shape index (κ3) is 4.12. The fraction of sp³-hybridized carbons (Fsp3) is 0.190. The molecule has 1 aliphatic heterocycles. The third-order valence-corrected chi connectivity index (χ3v) is 5.66. The Morgan fingerprint density at radius 1 is 1.07 bits per heavy atom. The number of benzene rings is 1. The highest BCUT2D eigenvalue weighted by molar-refractivity contribution is 7.99. The molecule has 29 heavy (non-hydrogen) atoms. The SMILES string of the molecule is COC(=O)C1=C(C(=O)OC)N(c2ccccc2Sc2c(C)n[nH]c2C)C=CC=C1. The lowest BCUT2D eigenvalue weighted by Gasteiger charge is -2.25. The van der Waals surface area contributed by atoms with Gasteiger partial charge in [0, 0.05) is 16.8 Å². The number of carbonyl (C=O) groups is 2. The minimum absolute atomic E-state index is 0.0815. The predicted octanol–water partition coefficient (Wildman–Crippen LogP) is 3.67. The molecule has 150 valence electrons. The zero-order valence-electron chi connectivity index (χ0n) is 16.6. The predicted molar refractivity (Wildman–Crippen MR) is 110 cm³/mol. The highest BCUT2D eigenvalue weighted by atomic mass is 32.2. The van der Waals surface area contributed by atoms with Gasteiger partial charge >= 0.3 is 11.9 Å². The number of aromatic nitrogens is 2. The van der Waals surface area contributed by atoms with Crippen LogP contribution in [0.4, 0.5) is 5.69 Å². The van der Waals surface area contributed by atoms with Gasteiger partial charge in [-0.25, -0.2) is 9.59 Å². The van der Waals surface area contributed by atoms with Gasteiger partial charge < -0.3 is 14.4 Å². The number of aromatic amines is 1. The molecule has 0 saturated heterocycles. The second-order valence-corrected chi connectivity index (χ2v) is 7.20. The van der Waals surface area contributed by atoms with E-state index in [2.05, 4.69) is 10.2 Å². The Labute approximate surface area is 173 Å². The number of nitrogens with one attached hydrogen (secondary N) is 1. The van der Waals surface area contributed by atoms with E-state index in [-0.39, 0.29) is 11.3 Å². The Morgan fingerprint density at radius 2 is 1.79 bits per heavy atom. The maximum Gasteiger partial charge on any atom is 0.355 e. The van der Waals surface area contributed by atoms with Crippen molar-refractivity contribution in [3.63, 3.8) is 0 Å². The number of ether oxygens (including phenoxy) is 2. The molecule has 8 heteroatoms. The summed E-state index contributed by atoms with van der Waals surface area (Å²) in [5.74, 6) is -1.26. The summed E-state index contributed by atoms with van der Waals surface area (Å²) in [6.07, 6.45) is 6.67. The van der Waals surface area contributed by atoms with Gasteiger partial charge in [0.25, 0.3) is 0 Å². The van der Waals surface area contributed by atoms with E-state index in [0.717, 1.165) is 26.9 Å². The van der Waals surface area contributed by atoms with Crippen LogP contribution in [0.3, 0.4) is 0 Å². The van der Waals surface area contributed by atoms with E-state index in [9.17, 15) is 9.59 Å². The van der Waals surface area contributed by atoms with Crippen LogP contribution in [-0.4, -0.2) is 36.4 Å². The summed E-state index contributed by atoms with van der Waals surface area (Å²) in [5.41, 5.74) is 2.75. The second-order valence-electron chi connectivity index (χ2n) is 6.15. The van der Waals surface area contributed by atoms with Crippen molar-refractivity contribution < 1.29 is 19.1 Å². The molecule has 0 bridgehead atoms. The summed E-state index contributed by atoms with van der Waals surface area (Å²) < 4.78 is 9.84. The zero-order valence-corrected chi connectivity index (χ0v) is 17.4. The number of hydrogen-bond donors (Lipinski definition) is 1. The molecular weight excluding hydrogens is 390 g/mol. The summed E-state index contributed by atoms with van der Waals surface area (Å²) in [5, 5.41) is 7.22. The largest absolute Gasteiger partial charge is 0.465 e. The summed E-state index contributed by atoms with van der Waals surface area (Å²) in [7, 11) is 2.55. The average molecular weight is 411 g/mol. The van der Waals surface area contributed by atoms with Gasteiger partial charge in [-0.1, -0.05) is 30.0 Å². The van der Waals surface area contributed by atoms with E-state index in [0.29, 0.717) is 0 Å². The molecule has 7 nitrogen and oxygen atoms in total. The highest BCUT2D eigenvalue weighted by Crippen LogP contribution is 2.40. The fourth-order valence-electron chi connectivity index (χ4n) is 2.89. The van der Waals surface area contributed by atoms with E-state index in [1.54, 1.807) is 23.3 Å². The van der Waals surface area contributed by atoms with Crippen molar-refractivity contribution in [3.8, 4) is 0 Å². The molecule has 0 spiro atoms. The Kier molecular flexibility index (Phi) is 6.23. The van der Waals surface area contributed by atoms with E-state index < -0.39 is 11.9 Å². The first-order valence-corrected chi connectivity index (χ1v) is 9.63. The van der Waals surface area contributed by atoms with Crippen LogP contribution in [0.25, 0.3) is 0 Å². The van der Waals surface area contributed by atoms with Crippen LogP contribution in [0.5, 0.6) is 0 Å². The number of esters is 2. The Morgan fingerprint density at radius 3 is 2.45 bits per heavy atom. The monoisotopic (exact) mass is 411 g/mol. The van der Waals surface area contributed by atoms with Crippen LogP contribution in [0.2, 0.25) is 0 Å². The number of nitrogens with zero attached hydrogens (tertiary/aromatic N) is 2. The first kappa shape index (κ1) is 20.5.